The zero-order valence-corrected chi connectivity index (χ0v) is 14.4. The smallest absolute Gasteiger partial charge is 0.0743 e. The van der Waals surface area contributed by atoms with E-state index in [4.69, 9.17) is 4.74 Å². The second kappa shape index (κ2) is 7.25. The third-order valence-corrected chi connectivity index (χ3v) is 6.25. The summed E-state index contributed by atoms with van der Waals surface area (Å²) >= 11 is 2.11. The number of hydrogen-bond acceptors (Lipinski definition) is 3. The van der Waals surface area contributed by atoms with E-state index in [0.717, 1.165) is 32.2 Å². The summed E-state index contributed by atoms with van der Waals surface area (Å²) in [6.45, 7) is 3.10. The number of nitrogens with zero attached hydrogens (tertiary/aromatic N) is 1. The first-order valence-corrected chi connectivity index (χ1v) is 9.95. The van der Waals surface area contributed by atoms with Gasteiger partial charge in [-0.3, -0.25) is 4.90 Å². The third-order valence-electron chi connectivity index (χ3n) is 5.20. The Labute approximate surface area is 143 Å². The Kier molecular flexibility index (Phi) is 4.88. The van der Waals surface area contributed by atoms with Gasteiger partial charge in [-0.05, 0) is 40.7 Å². The Bertz CT molecular complexity index is 648. The van der Waals surface area contributed by atoms with Crippen molar-refractivity contribution in [1.82, 2.24) is 4.90 Å². The molecule has 2 saturated heterocycles. The van der Waals surface area contributed by atoms with Gasteiger partial charge in [0.2, 0.25) is 0 Å². The van der Waals surface area contributed by atoms with Crippen LogP contribution in [-0.2, 0) is 11.2 Å². The van der Waals surface area contributed by atoms with Gasteiger partial charge in [-0.2, -0.15) is 11.8 Å². The molecule has 23 heavy (non-hydrogen) atoms. The summed E-state index contributed by atoms with van der Waals surface area (Å²) in [4.78, 5) is 2.69. The van der Waals surface area contributed by atoms with Crippen LogP contribution >= 0.6 is 11.8 Å². The van der Waals surface area contributed by atoms with Crippen LogP contribution in [0.15, 0.2) is 42.5 Å². The highest BCUT2D eigenvalue weighted by atomic mass is 32.2. The van der Waals surface area contributed by atoms with Crippen LogP contribution < -0.4 is 0 Å². The highest BCUT2D eigenvalue weighted by Crippen LogP contribution is 2.25. The standard InChI is InChI=1S/C20H25NOS/c1-2-7-20-16(4-1)5-3-6-17(20)14-19-15-21(10-11-22-19)18-8-12-23-13-9-18/h1-7,18-19H,8-15H2. The molecule has 2 nitrogen and oxygen atoms in total. The SMILES string of the molecule is c1ccc2c(CC3CN(C4CCSCC4)CCO3)cccc2c1. The van der Waals surface area contributed by atoms with Crippen LogP contribution in [0.5, 0.6) is 0 Å². The fourth-order valence-electron chi connectivity index (χ4n) is 3.96. The molecule has 2 aromatic carbocycles. The number of thioether (sulfide) groups is 1. The molecule has 2 aliphatic heterocycles. The largest absolute Gasteiger partial charge is 0.375 e. The minimum absolute atomic E-state index is 0.337. The number of ether oxygens (including phenoxy) is 1. The van der Waals surface area contributed by atoms with Crippen molar-refractivity contribution in [3.8, 4) is 0 Å². The average molecular weight is 327 g/mol. The maximum Gasteiger partial charge on any atom is 0.0743 e. The Morgan fingerprint density at radius 1 is 1.04 bits per heavy atom. The van der Waals surface area contributed by atoms with Crippen molar-refractivity contribution in [3.05, 3.63) is 48.0 Å². The Balaban J connectivity index is 1.47. The second-order valence-electron chi connectivity index (χ2n) is 6.67. The van der Waals surface area contributed by atoms with Gasteiger partial charge in [0.1, 0.15) is 0 Å². The number of hydrogen-bond donors (Lipinski definition) is 0. The molecule has 0 bridgehead atoms. The lowest BCUT2D eigenvalue weighted by Crippen LogP contribution is -2.49. The van der Waals surface area contributed by atoms with Gasteiger partial charge in [-0.1, -0.05) is 42.5 Å². The Hall–Kier alpha value is -1.03. The van der Waals surface area contributed by atoms with Gasteiger partial charge in [0.25, 0.3) is 0 Å². The Morgan fingerprint density at radius 3 is 2.78 bits per heavy atom. The monoisotopic (exact) mass is 327 g/mol. The normalized spacial score (nSPS) is 24.1. The molecule has 2 fully saturated rings. The minimum Gasteiger partial charge on any atom is -0.375 e. The predicted octanol–water partition coefficient (Wildman–Crippen LogP) is 3.98. The maximum atomic E-state index is 6.10. The van der Waals surface area contributed by atoms with E-state index in [1.54, 1.807) is 0 Å². The van der Waals surface area contributed by atoms with Gasteiger partial charge < -0.3 is 4.74 Å². The van der Waals surface area contributed by atoms with Crippen LogP contribution in [0, 0.1) is 0 Å². The van der Waals surface area contributed by atoms with E-state index in [1.165, 1.54) is 40.7 Å². The number of morpholine rings is 1. The molecular weight excluding hydrogens is 302 g/mol. The molecule has 0 amide bonds. The summed E-state index contributed by atoms with van der Waals surface area (Å²) in [5.41, 5.74) is 1.43. The third kappa shape index (κ3) is 3.57. The van der Waals surface area contributed by atoms with Crippen LogP contribution in [0.3, 0.4) is 0 Å². The zero-order chi connectivity index (χ0) is 15.5. The lowest BCUT2D eigenvalue weighted by molar-refractivity contribution is -0.0434. The molecule has 2 aliphatic rings. The molecular formula is C20H25NOS. The molecule has 0 aliphatic carbocycles. The van der Waals surface area contributed by atoms with Gasteiger partial charge in [-0.15, -0.1) is 0 Å². The molecule has 2 heterocycles. The van der Waals surface area contributed by atoms with E-state index >= 15 is 0 Å². The van der Waals surface area contributed by atoms with E-state index in [0.29, 0.717) is 6.10 Å². The van der Waals surface area contributed by atoms with Crippen molar-refractivity contribution in [2.45, 2.75) is 31.4 Å². The summed E-state index contributed by atoms with van der Waals surface area (Å²) in [5.74, 6) is 2.66. The molecule has 0 N–H and O–H groups in total. The van der Waals surface area contributed by atoms with E-state index in [9.17, 15) is 0 Å². The van der Waals surface area contributed by atoms with Crippen molar-refractivity contribution in [3.63, 3.8) is 0 Å². The van der Waals surface area contributed by atoms with Gasteiger partial charge >= 0.3 is 0 Å². The topological polar surface area (TPSA) is 12.5 Å². The first-order valence-electron chi connectivity index (χ1n) is 8.80. The molecule has 4 rings (SSSR count). The lowest BCUT2D eigenvalue weighted by Gasteiger charge is -2.40. The van der Waals surface area contributed by atoms with Gasteiger partial charge in [0, 0.05) is 25.6 Å². The molecule has 1 atom stereocenters. The highest BCUT2D eigenvalue weighted by Gasteiger charge is 2.27. The lowest BCUT2D eigenvalue weighted by atomic mass is 9.98. The zero-order valence-electron chi connectivity index (χ0n) is 13.6. The van der Waals surface area contributed by atoms with E-state index < -0.39 is 0 Å². The molecule has 2 aromatic rings. The highest BCUT2D eigenvalue weighted by molar-refractivity contribution is 7.99. The first-order chi connectivity index (χ1) is 11.4. The van der Waals surface area contributed by atoms with Crippen molar-refractivity contribution in [1.29, 1.82) is 0 Å². The molecule has 0 radical (unpaired) electrons. The number of fused-ring (bicyclic) bond motifs is 1. The van der Waals surface area contributed by atoms with Crippen LogP contribution in [0.25, 0.3) is 10.8 Å². The molecule has 3 heteroatoms. The second-order valence-corrected chi connectivity index (χ2v) is 7.90. The van der Waals surface area contributed by atoms with Crippen molar-refractivity contribution in [2.75, 3.05) is 31.2 Å². The quantitative estimate of drug-likeness (QED) is 0.846. The van der Waals surface area contributed by atoms with E-state index in [-0.39, 0.29) is 0 Å². The fourth-order valence-corrected chi connectivity index (χ4v) is 5.04. The van der Waals surface area contributed by atoms with Crippen molar-refractivity contribution >= 4 is 22.5 Å². The molecule has 0 aromatic heterocycles. The van der Waals surface area contributed by atoms with Gasteiger partial charge in [-0.25, -0.2) is 0 Å². The fraction of sp³-hybridized carbons (Fsp3) is 0.500. The number of rotatable bonds is 3. The van der Waals surface area contributed by atoms with Gasteiger partial charge in [0.15, 0.2) is 0 Å². The van der Waals surface area contributed by atoms with E-state index in [1.807, 2.05) is 0 Å². The van der Waals surface area contributed by atoms with Crippen LogP contribution in [-0.4, -0.2) is 48.2 Å². The van der Waals surface area contributed by atoms with Gasteiger partial charge in [0.05, 0.1) is 12.7 Å². The maximum absolute atomic E-state index is 6.10. The summed E-state index contributed by atoms with van der Waals surface area (Å²) < 4.78 is 6.10. The first kappa shape index (κ1) is 15.5. The molecule has 0 spiro atoms. The molecule has 0 saturated carbocycles. The van der Waals surface area contributed by atoms with Crippen molar-refractivity contribution < 1.29 is 4.74 Å². The van der Waals surface area contributed by atoms with Crippen LogP contribution in [0.2, 0.25) is 0 Å². The van der Waals surface area contributed by atoms with Crippen molar-refractivity contribution in [2.24, 2.45) is 0 Å². The summed E-state index contributed by atoms with van der Waals surface area (Å²) in [6, 6.07) is 16.1. The summed E-state index contributed by atoms with van der Waals surface area (Å²) in [6.07, 6.45) is 4.07. The summed E-state index contributed by atoms with van der Waals surface area (Å²) in [7, 11) is 0. The van der Waals surface area contributed by atoms with Crippen LogP contribution in [0.1, 0.15) is 18.4 Å². The summed E-state index contributed by atoms with van der Waals surface area (Å²) in [5, 5.41) is 2.71. The van der Waals surface area contributed by atoms with E-state index in [2.05, 4.69) is 59.1 Å². The molecule has 1 unspecified atom stereocenters. The molecule has 122 valence electrons. The van der Waals surface area contributed by atoms with Crippen LogP contribution in [0.4, 0.5) is 0 Å². The average Bonchev–Trinajstić information content (AvgIpc) is 2.63. The Morgan fingerprint density at radius 2 is 1.87 bits per heavy atom. The minimum atomic E-state index is 0.337. The number of benzene rings is 2. The predicted molar refractivity (Wildman–Crippen MR) is 99.3 cm³/mol.